The second kappa shape index (κ2) is 6.89. The number of rotatable bonds is 5. The normalized spacial score (nSPS) is 15.3. The van der Waals surface area contributed by atoms with Crippen LogP contribution in [0, 0.1) is 0 Å². The highest BCUT2D eigenvalue weighted by molar-refractivity contribution is 5.93. The molecule has 1 aliphatic heterocycles. The molecular formula is C16H26N4O. The highest BCUT2D eigenvalue weighted by Crippen LogP contribution is 2.26. The average Bonchev–Trinajstić information content (AvgIpc) is 2.91. The Hall–Kier alpha value is -1.62. The number of pyridine rings is 1. The van der Waals surface area contributed by atoms with Crippen molar-refractivity contribution in [3.8, 4) is 0 Å². The number of hydrogen-bond acceptors (Lipinski definition) is 4. The Morgan fingerprint density at radius 3 is 2.71 bits per heavy atom. The van der Waals surface area contributed by atoms with Crippen molar-refractivity contribution in [1.29, 1.82) is 0 Å². The minimum atomic E-state index is 0.0280. The maximum Gasteiger partial charge on any atom is 0.225 e. The number of hydrogen-bond donors (Lipinski definition) is 2. The molecule has 0 aromatic carbocycles. The zero-order chi connectivity index (χ0) is 15.3. The molecule has 1 saturated heterocycles. The molecule has 2 N–H and O–H groups in total. The lowest BCUT2D eigenvalue weighted by Crippen LogP contribution is -2.37. The van der Waals surface area contributed by atoms with Crippen molar-refractivity contribution in [2.24, 2.45) is 0 Å². The largest absolute Gasteiger partial charge is 0.355 e. The van der Waals surface area contributed by atoms with Crippen LogP contribution in [0.3, 0.4) is 0 Å². The first-order valence-electron chi connectivity index (χ1n) is 7.70. The van der Waals surface area contributed by atoms with Crippen molar-refractivity contribution in [3.63, 3.8) is 0 Å². The Balaban J connectivity index is 1.91. The SMILES string of the molecule is CC(C)(C)NCCC(=O)Nc1cccnc1N1CCCC1. The van der Waals surface area contributed by atoms with Crippen LogP contribution in [0.15, 0.2) is 18.3 Å². The van der Waals surface area contributed by atoms with Gasteiger partial charge in [0.05, 0.1) is 5.69 Å². The molecule has 0 aliphatic carbocycles. The van der Waals surface area contributed by atoms with Crippen molar-refractivity contribution >= 4 is 17.4 Å². The van der Waals surface area contributed by atoms with Gasteiger partial charge < -0.3 is 15.5 Å². The van der Waals surface area contributed by atoms with Gasteiger partial charge in [-0.2, -0.15) is 0 Å². The standard InChI is InChI=1S/C16H26N4O/c1-16(2,3)18-10-8-14(21)19-13-7-6-9-17-15(13)20-11-4-5-12-20/h6-7,9,18H,4-5,8,10-12H2,1-3H3,(H,19,21). The maximum absolute atomic E-state index is 12.1. The van der Waals surface area contributed by atoms with E-state index in [0.29, 0.717) is 13.0 Å². The maximum atomic E-state index is 12.1. The summed E-state index contributed by atoms with van der Waals surface area (Å²) in [4.78, 5) is 18.7. The number of amides is 1. The van der Waals surface area contributed by atoms with Crippen LogP contribution < -0.4 is 15.5 Å². The van der Waals surface area contributed by atoms with Gasteiger partial charge in [0.25, 0.3) is 0 Å². The zero-order valence-electron chi connectivity index (χ0n) is 13.3. The third-order valence-electron chi connectivity index (χ3n) is 3.47. The van der Waals surface area contributed by atoms with Crippen LogP contribution in [0.25, 0.3) is 0 Å². The molecular weight excluding hydrogens is 264 g/mol. The molecule has 2 rings (SSSR count). The molecule has 1 aromatic rings. The number of nitrogens with zero attached hydrogens (tertiary/aromatic N) is 2. The van der Waals surface area contributed by atoms with E-state index in [1.54, 1.807) is 6.20 Å². The molecule has 1 aliphatic rings. The second-order valence-electron chi connectivity index (χ2n) is 6.54. The Labute approximate surface area is 127 Å². The lowest BCUT2D eigenvalue weighted by atomic mass is 10.1. The van der Waals surface area contributed by atoms with Crippen LogP contribution in [0.1, 0.15) is 40.0 Å². The van der Waals surface area contributed by atoms with Crippen LogP contribution in [0.5, 0.6) is 0 Å². The quantitative estimate of drug-likeness (QED) is 0.874. The van der Waals surface area contributed by atoms with Crippen LogP contribution >= 0.6 is 0 Å². The molecule has 2 heterocycles. The predicted molar refractivity (Wildman–Crippen MR) is 86.7 cm³/mol. The molecule has 0 bridgehead atoms. The lowest BCUT2D eigenvalue weighted by Gasteiger charge is -2.21. The molecule has 0 unspecified atom stereocenters. The molecule has 5 heteroatoms. The van der Waals surface area contributed by atoms with Gasteiger partial charge in [0.2, 0.25) is 5.91 Å². The van der Waals surface area contributed by atoms with E-state index >= 15 is 0 Å². The first-order chi connectivity index (χ1) is 9.96. The Morgan fingerprint density at radius 1 is 1.33 bits per heavy atom. The van der Waals surface area contributed by atoms with Crippen molar-refractivity contribution in [3.05, 3.63) is 18.3 Å². The summed E-state index contributed by atoms with van der Waals surface area (Å²) >= 11 is 0. The van der Waals surface area contributed by atoms with Crippen molar-refractivity contribution in [1.82, 2.24) is 10.3 Å². The fourth-order valence-electron chi connectivity index (χ4n) is 2.44. The fraction of sp³-hybridized carbons (Fsp3) is 0.625. The van der Waals surface area contributed by atoms with E-state index in [9.17, 15) is 4.79 Å². The first kappa shape index (κ1) is 15.8. The summed E-state index contributed by atoms with van der Waals surface area (Å²) in [5, 5.41) is 6.31. The van der Waals surface area contributed by atoms with Gasteiger partial charge in [0.1, 0.15) is 0 Å². The van der Waals surface area contributed by atoms with Gasteiger partial charge in [0.15, 0.2) is 5.82 Å². The molecule has 0 saturated carbocycles. The summed E-state index contributed by atoms with van der Waals surface area (Å²) in [6, 6.07) is 3.79. The Kier molecular flexibility index (Phi) is 5.17. The average molecular weight is 290 g/mol. The number of carbonyl (C=O) groups is 1. The third-order valence-corrected chi connectivity index (χ3v) is 3.47. The molecule has 1 aromatic heterocycles. The Morgan fingerprint density at radius 2 is 2.05 bits per heavy atom. The fourth-order valence-corrected chi connectivity index (χ4v) is 2.44. The summed E-state index contributed by atoms with van der Waals surface area (Å²) in [6.45, 7) is 9.00. The van der Waals surface area contributed by atoms with E-state index in [1.807, 2.05) is 12.1 Å². The summed E-state index contributed by atoms with van der Waals surface area (Å²) in [7, 11) is 0. The van der Waals surface area contributed by atoms with Gasteiger partial charge in [-0.3, -0.25) is 4.79 Å². The number of aromatic nitrogens is 1. The molecule has 1 amide bonds. The highest BCUT2D eigenvalue weighted by Gasteiger charge is 2.18. The number of anilines is 2. The summed E-state index contributed by atoms with van der Waals surface area (Å²) < 4.78 is 0. The first-order valence-corrected chi connectivity index (χ1v) is 7.70. The smallest absolute Gasteiger partial charge is 0.225 e. The van der Waals surface area contributed by atoms with E-state index in [4.69, 9.17) is 0 Å². The van der Waals surface area contributed by atoms with Gasteiger partial charge >= 0.3 is 0 Å². The number of nitrogens with one attached hydrogen (secondary N) is 2. The third kappa shape index (κ3) is 5.01. The summed E-state index contributed by atoms with van der Waals surface area (Å²) in [5.74, 6) is 0.923. The topological polar surface area (TPSA) is 57.3 Å². The van der Waals surface area contributed by atoms with Gasteiger partial charge in [-0.1, -0.05) is 0 Å². The molecule has 1 fully saturated rings. The Bertz CT molecular complexity index is 475. The summed E-state index contributed by atoms with van der Waals surface area (Å²) in [5.41, 5.74) is 0.857. The van der Waals surface area contributed by atoms with Crippen molar-refractivity contribution < 1.29 is 4.79 Å². The minimum Gasteiger partial charge on any atom is -0.355 e. The molecule has 21 heavy (non-hydrogen) atoms. The van der Waals surface area contributed by atoms with Crippen molar-refractivity contribution in [2.45, 2.75) is 45.6 Å². The zero-order valence-corrected chi connectivity index (χ0v) is 13.3. The lowest BCUT2D eigenvalue weighted by molar-refractivity contribution is -0.116. The second-order valence-corrected chi connectivity index (χ2v) is 6.54. The van der Waals surface area contributed by atoms with Gasteiger partial charge in [-0.15, -0.1) is 0 Å². The monoisotopic (exact) mass is 290 g/mol. The van der Waals surface area contributed by atoms with Gasteiger partial charge in [-0.05, 0) is 45.7 Å². The van der Waals surface area contributed by atoms with Crippen LogP contribution in [0.2, 0.25) is 0 Å². The van der Waals surface area contributed by atoms with Crippen molar-refractivity contribution in [2.75, 3.05) is 29.9 Å². The molecule has 0 radical (unpaired) electrons. The van der Waals surface area contributed by atoms with Gasteiger partial charge in [-0.25, -0.2) is 4.98 Å². The molecule has 0 spiro atoms. The minimum absolute atomic E-state index is 0.0280. The molecule has 116 valence electrons. The summed E-state index contributed by atoms with van der Waals surface area (Å²) in [6.07, 6.45) is 4.63. The van der Waals surface area contributed by atoms with E-state index in [-0.39, 0.29) is 11.4 Å². The molecule has 5 nitrogen and oxygen atoms in total. The van der Waals surface area contributed by atoms with E-state index in [2.05, 4.69) is 41.3 Å². The van der Waals surface area contributed by atoms with E-state index < -0.39 is 0 Å². The van der Waals surface area contributed by atoms with Gasteiger partial charge in [0, 0.05) is 37.8 Å². The van der Waals surface area contributed by atoms with Crippen LogP contribution in [0.4, 0.5) is 11.5 Å². The number of carbonyl (C=O) groups excluding carboxylic acids is 1. The van der Waals surface area contributed by atoms with Crippen LogP contribution in [-0.4, -0.2) is 36.1 Å². The van der Waals surface area contributed by atoms with E-state index in [0.717, 1.165) is 24.6 Å². The van der Waals surface area contributed by atoms with Crippen LogP contribution in [-0.2, 0) is 4.79 Å². The highest BCUT2D eigenvalue weighted by atomic mass is 16.1. The molecule has 0 atom stereocenters. The van der Waals surface area contributed by atoms with E-state index in [1.165, 1.54) is 12.8 Å². The predicted octanol–water partition coefficient (Wildman–Crippen LogP) is 2.40.